The van der Waals surface area contributed by atoms with E-state index in [2.05, 4.69) is 50.4 Å². The van der Waals surface area contributed by atoms with Crippen molar-refractivity contribution in [2.45, 2.75) is 185 Å². The first-order chi connectivity index (χ1) is 31.4. The summed E-state index contributed by atoms with van der Waals surface area (Å²) >= 11 is 0. The van der Waals surface area contributed by atoms with Crippen LogP contribution in [0.25, 0.3) is 0 Å². The lowest BCUT2D eigenvalue weighted by Gasteiger charge is -2.48. The number of nitrogens with zero attached hydrogens (tertiary/aromatic N) is 1. The Morgan fingerprint density at radius 1 is 1.00 bits per heavy atom. The predicted molar refractivity (Wildman–Crippen MR) is 241 cm³/mol. The van der Waals surface area contributed by atoms with Crippen LogP contribution >= 0.6 is 0 Å². The van der Waals surface area contributed by atoms with Crippen molar-refractivity contribution in [2.24, 2.45) is 34.5 Å². The Balaban J connectivity index is 1.16. The number of fused-ring (bicyclic) bond motifs is 2. The van der Waals surface area contributed by atoms with Gasteiger partial charge in [0.2, 0.25) is 0 Å². The third kappa shape index (κ3) is 10.6. The highest BCUT2D eigenvalue weighted by atomic mass is 16.7. The van der Waals surface area contributed by atoms with E-state index in [1.165, 1.54) is 0 Å². The van der Waals surface area contributed by atoms with Gasteiger partial charge in [-0.1, -0.05) is 70.6 Å². The molecule has 17 heteroatoms. The summed E-state index contributed by atoms with van der Waals surface area (Å²) in [6.45, 7) is 16.0. The molecule has 1 aliphatic carbocycles. The van der Waals surface area contributed by atoms with Crippen LogP contribution in [0.1, 0.15) is 93.9 Å². The molecule has 7 rings (SSSR count). The summed E-state index contributed by atoms with van der Waals surface area (Å²) in [6.07, 6.45) is 8.60. The molecule has 4 fully saturated rings. The molecule has 6 heterocycles. The van der Waals surface area contributed by atoms with Gasteiger partial charge in [-0.15, -0.1) is 0 Å². The molecular formula is C49H73N3O14. The maximum atomic E-state index is 14.4. The molecular weight excluding hydrogens is 855 g/mol. The van der Waals surface area contributed by atoms with E-state index in [1.807, 2.05) is 32.1 Å². The zero-order valence-corrected chi connectivity index (χ0v) is 40.1. The molecule has 2 bridgehead atoms. The van der Waals surface area contributed by atoms with Crippen LogP contribution in [-0.4, -0.2) is 140 Å². The van der Waals surface area contributed by atoms with Gasteiger partial charge < -0.3 is 63.3 Å². The van der Waals surface area contributed by atoms with Crippen molar-refractivity contribution in [3.63, 3.8) is 0 Å². The molecule has 19 atom stereocenters. The fraction of sp³-hybridized carbons (Fsp3) is 0.735. The molecule has 1 spiro atoms. The van der Waals surface area contributed by atoms with E-state index < -0.39 is 103 Å². The molecule has 0 saturated carbocycles. The van der Waals surface area contributed by atoms with E-state index in [0.29, 0.717) is 42.5 Å². The molecule has 0 aromatic rings. The summed E-state index contributed by atoms with van der Waals surface area (Å²) in [5.74, 6) is -2.65. The van der Waals surface area contributed by atoms with Crippen molar-refractivity contribution in [1.82, 2.24) is 5.43 Å². The van der Waals surface area contributed by atoms with E-state index in [1.54, 1.807) is 40.2 Å². The van der Waals surface area contributed by atoms with Gasteiger partial charge in [0.15, 0.2) is 18.4 Å². The number of nitrogens with one attached hydrogen (secondary N) is 1. The highest BCUT2D eigenvalue weighted by molar-refractivity contribution is 5.93. The first kappa shape index (κ1) is 50.5. The van der Waals surface area contributed by atoms with Crippen molar-refractivity contribution in [3.8, 4) is 0 Å². The van der Waals surface area contributed by atoms with Gasteiger partial charge >= 0.3 is 12.0 Å². The predicted octanol–water partition coefficient (Wildman–Crippen LogP) is 5.04. The van der Waals surface area contributed by atoms with E-state index >= 15 is 0 Å². The molecule has 66 heavy (non-hydrogen) atoms. The van der Waals surface area contributed by atoms with Gasteiger partial charge in [-0.3, -0.25) is 4.79 Å². The number of allylic oxidation sites excluding steroid dienone is 2. The highest BCUT2D eigenvalue weighted by Gasteiger charge is 2.60. The Bertz CT molecular complexity index is 1940. The van der Waals surface area contributed by atoms with Crippen LogP contribution in [0, 0.1) is 23.7 Å². The zero-order valence-electron chi connectivity index (χ0n) is 40.1. The first-order valence-corrected chi connectivity index (χ1v) is 23.7. The topological polar surface area (TPSA) is 217 Å². The standard InChI is InChI=1S/C49H73N3O14/c1-11-25(2)43-28(5)17-18-48(66-43)23-34-20-33(65-48)16-15-27(4)42(26(3)13-12-14-32-24-59-45-41(53)29(6)19-35(46(54)62-34)49(32,45)56)63-39-22-37(58-10)44(31(8)61-39)64-38-21-36(57-9)40(30(7)60-38)51-52-47(50)55/h12-15,17-19,25-26,28,30-31,33-39,41-45,53,56H,11,16,20-24H2,1-10H3,(H3,50,52,55)/b13-12+,27-15+,32-14+,51-40-/t25?,26-,28-,30-,31-,33+,34-,35-,36-,37-,38-,39-,41+,42-,43+,44-,45+,48+,49+/m0/s1. The van der Waals surface area contributed by atoms with Gasteiger partial charge in [-0.05, 0) is 62.8 Å². The lowest BCUT2D eigenvalue weighted by Crippen LogP contribution is -2.58. The minimum Gasteiger partial charge on any atom is -0.462 e. The van der Waals surface area contributed by atoms with Crippen LogP contribution in [0.3, 0.4) is 0 Å². The molecule has 6 aliphatic heterocycles. The number of esters is 1. The largest absolute Gasteiger partial charge is 0.462 e. The lowest BCUT2D eigenvalue weighted by atomic mass is 9.71. The van der Waals surface area contributed by atoms with E-state index in [4.69, 9.17) is 53.1 Å². The normalized spacial score (nSPS) is 46.3. The molecule has 5 N–H and O–H groups in total. The monoisotopic (exact) mass is 928 g/mol. The van der Waals surface area contributed by atoms with Crippen LogP contribution in [0.5, 0.6) is 0 Å². The van der Waals surface area contributed by atoms with Crippen LogP contribution in [-0.2, 0) is 52.2 Å². The van der Waals surface area contributed by atoms with Crippen LogP contribution in [0.4, 0.5) is 4.79 Å². The number of hydrogen-bond donors (Lipinski definition) is 4. The minimum absolute atomic E-state index is 0.0185. The molecule has 368 valence electrons. The van der Waals surface area contributed by atoms with Gasteiger partial charge in [-0.25, -0.2) is 10.2 Å². The Morgan fingerprint density at radius 2 is 1.76 bits per heavy atom. The molecule has 0 radical (unpaired) electrons. The van der Waals surface area contributed by atoms with E-state index in [9.17, 15) is 19.8 Å². The third-order valence-corrected chi connectivity index (χ3v) is 14.6. The maximum absolute atomic E-state index is 14.4. The molecule has 0 aromatic carbocycles. The van der Waals surface area contributed by atoms with E-state index in [-0.39, 0.29) is 36.9 Å². The summed E-state index contributed by atoms with van der Waals surface area (Å²) in [4.78, 5) is 25.7. The van der Waals surface area contributed by atoms with Gasteiger partial charge in [0.25, 0.3) is 0 Å². The number of carbonyl (C=O) groups excluding carboxylic acids is 2. The van der Waals surface area contributed by atoms with Crippen molar-refractivity contribution >= 4 is 17.7 Å². The van der Waals surface area contributed by atoms with Crippen LogP contribution in [0.15, 0.2) is 64.4 Å². The number of hydrazone groups is 1. The number of primary amides is 1. The lowest BCUT2D eigenvalue weighted by molar-refractivity contribution is -0.302. The molecule has 0 aromatic heterocycles. The van der Waals surface area contributed by atoms with Crippen molar-refractivity contribution in [2.75, 3.05) is 20.8 Å². The summed E-state index contributed by atoms with van der Waals surface area (Å²) in [7, 11) is 3.18. The Morgan fingerprint density at radius 3 is 2.47 bits per heavy atom. The SMILES string of the molecule is CCC(C)[C@H]1O[C@]2(C=C[C@@H]1C)C[C@@H]1C[C@@H](C/C=C(\C)[C@@H](O[C@H]3C[C@H](OC)[C@@H](O[C@H]4C[C@H](OC)/C(=N\NC(N)=O)[C@H](C)O4)[C@H](C)O3)[C@@H](C)/C=C/C=C3\CO[C@@H]4[C@H](O)C(C)=C[C@@H](C(=O)O1)[C@]34O)O2. The summed E-state index contributed by atoms with van der Waals surface area (Å²) in [5, 5.41) is 27.9. The number of ether oxygens (including phenoxy) is 10. The molecule has 7 aliphatic rings. The fourth-order valence-corrected chi connectivity index (χ4v) is 10.7. The zero-order chi connectivity index (χ0) is 47.7. The average Bonchev–Trinajstić information content (AvgIpc) is 3.62. The average molecular weight is 928 g/mol. The van der Waals surface area contributed by atoms with Gasteiger partial charge in [-0.2, -0.15) is 5.10 Å². The first-order valence-electron chi connectivity index (χ1n) is 23.7. The number of urea groups is 1. The van der Waals surface area contributed by atoms with Crippen molar-refractivity contribution < 1.29 is 67.2 Å². The van der Waals surface area contributed by atoms with Gasteiger partial charge in [0.1, 0.15) is 48.1 Å². The number of methoxy groups -OCH3 is 2. The van der Waals surface area contributed by atoms with E-state index in [0.717, 1.165) is 12.0 Å². The summed E-state index contributed by atoms with van der Waals surface area (Å²) in [5.41, 5.74) is 8.06. The Labute approximate surface area is 389 Å². The number of nitrogens with two attached hydrogens (primary N) is 1. The number of carbonyl (C=O) groups is 2. The second kappa shape index (κ2) is 21.1. The Kier molecular flexibility index (Phi) is 16.2. The second-order valence-electron chi connectivity index (χ2n) is 19.4. The summed E-state index contributed by atoms with van der Waals surface area (Å²) < 4.78 is 64.2. The highest BCUT2D eigenvalue weighted by Crippen LogP contribution is 2.47. The van der Waals surface area contributed by atoms with Gasteiger partial charge in [0, 0.05) is 51.7 Å². The van der Waals surface area contributed by atoms with Crippen molar-refractivity contribution in [3.05, 3.63) is 59.3 Å². The molecule has 4 saturated heterocycles. The number of hydrogen-bond acceptors (Lipinski definition) is 15. The molecule has 17 nitrogen and oxygen atoms in total. The number of rotatable bonds is 9. The van der Waals surface area contributed by atoms with Gasteiger partial charge in [0.05, 0.1) is 42.8 Å². The molecule has 1 unspecified atom stereocenters. The summed E-state index contributed by atoms with van der Waals surface area (Å²) in [6, 6.07) is -0.791. The van der Waals surface area contributed by atoms with Crippen molar-refractivity contribution in [1.29, 1.82) is 0 Å². The fourth-order valence-electron chi connectivity index (χ4n) is 10.7. The van der Waals surface area contributed by atoms with Crippen LogP contribution < -0.4 is 11.2 Å². The second-order valence-corrected chi connectivity index (χ2v) is 19.4. The smallest absolute Gasteiger partial charge is 0.332 e. The number of amides is 2. The quantitative estimate of drug-likeness (QED) is 0.135. The molecule has 2 amide bonds. The third-order valence-electron chi connectivity index (χ3n) is 14.6. The Hall–Kier alpha value is -3.33. The maximum Gasteiger partial charge on any atom is 0.332 e. The number of aliphatic hydroxyl groups is 2. The minimum atomic E-state index is -1.85. The van der Waals surface area contributed by atoms with Crippen LogP contribution in [0.2, 0.25) is 0 Å². The number of aliphatic hydroxyl groups excluding tert-OH is 1.